The summed E-state index contributed by atoms with van der Waals surface area (Å²) >= 11 is 0. The number of nitrogens with zero attached hydrogens (tertiary/aromatic N) is 1. The second kappa shape index (κ2) is 6.73. The molecule has 0 amide bonds. The van der Waals surface area contributed by atoms with Crippen LogP contribution in [0.3, 0.4) is 0 Å². The average molecular weight is 250 g/mol. The first-order valence-electron chi connectivity index (χ1n) is 6.63. The number of benzene rings is 1. The van der Waals surface area contributed by atoms with Gasteiger partial charge in [-0.15, -0.1) is 0 Å². The fourth-order valence-corrected chi connectivity index (χ4v) is 2.36. The summed E-state index contributed by atoms with van der Waals surface area (Å²) in [6.45, 7) is 4.11. The van der Waals surface area contributed by atoms with Gasteiger partial charge >= 0.3 is 0 Å². The van der Waals surface area contributed by atoms with E-state index in [1.165, 1.54) is 12.8 Å². The third-order valence-corrected chi connectivity index (χ3v) is 3.35. The minimum atomic E-state index is -0.339. The normalized spacial score (nSPS) is 18.1. The van der Waals surface area contributed by atoms with E-state index in [2.05, 4.69) is 10.2 Å². The van der Waals surface area contributed by atoms with Crippen LogP contribution >= 0.6 is 0 Å². The maximum atomic E-state index is 9.89. The summed E-state index contributed by atoms with van der Waals surface area (Å²) in [5.74, 6) is 0.305. The lowest BCUT2D eigenvalue weighted by Crippen LogP contribution is -2.36. The van der Waals surface area contributed by atoms with Crippen LogP contribution < -0.4 is 5.32 Å². The Kier molecular flexibility index (Phi) is 4.99. The van der Waals surface area contributed by atoms with Crippen molar-refractivity contribution in [2.75, 3.05) is 26.2 Å². The van der Waals surface area contributed by atoms with Crippen molar-refractivity contribution in [2.24, 2.45) is 0 Å². The Balaban J connectivity index is 1.67. The molecule has 0 bridgehead atoms. The zero-order valence-corrected chi connectivity index (χ0v) is 10.7. The van der Waals surface area contributed by atoms with Gasteiger partial charge in [-0.1, -0.05) is 18.2 Å². The van der Waals surface area contributed by atoms with Crippen LogP contribution in [0.4, 0.5) is 0 Å². The van der Waals surface area contributed by atoms with E-state index in [1.807, 2.05) is 12.1 Å². The highest BCUT2D eigenvalue weighted by molar-refractivity contribution is 5.31. The number of β-amino-alcohol motifs (C(OH)–C–C–N with tert-alkyl or cyclic N) is 1. The summed E-state index contributed by atoms with van der Waals surface area (Å²) in [6.07, 6.45) is 2.16. The summed E-state index contributed by atoms with van der Waals surface area (Å²) in [7, 11) is 0. The van der Waals surface area contributed by atoms with Gasteiger partial charge in [-0.05, 0) is 32.0 Å². The Bertz CT molecular complexity index is 365. The van der Waals surface area contributed by atoms with Crippen molar-refractivity contribution < 1.29 is 10.2 Å². The average Bonchev–Trinajstić information content (AvgIpc) is 2.84. The molecule has 0 radical (unpaired) electrons. The number of phenolic OH excluding ortho intramolecular Hbond substituents is 1. The molecular formula is C14H22N2O2. The van der Waals surface area contributed by atoms with Crippen LogP contribution in [0.25, 0.3) is 0 Å². The van der Waals surface area contributed by atoms with Crippen molar-refractivity contribution >= 4 is 0 Å². The van der Waals surface area contributed by atoms with Crippen LogP contribution in [-0.4, -0.2) is 47.4 Å². The third-order valence-electron chi connectivity index (χ3n) is 3.35. The van der Waals surface area contributed by atoms with Crippen molar-refractivity contribution in [3.8, 4) is 5.75 Å². The van der Waals surface area contributed by atoms with E-state index in [1.54, 1.807) is 12.1 Å². The van der Waals surface area contributed by atoms with Gasteiger partial charge in [-0.2, -0.15) is 0 Å². The lowest BCUT2D eigenvalue weighted by atomic mass is 10.2. The molecule has 0 saturated carbocycles. The Morgan fingerprint density at radius 1 is 1.22 bits per heavy atom. The number of para-hydroxylation sites is 1. The van der Waals surface area contributed by atoms with E-state index in [-0.39, 0.29) is 6.10 Å². The summed E-state index contributed by atoms with van der Waals surface area (Å²) in [5, 5.41) is 22.7. The first kappa shape index (κ1) is 13.3. The molecule has 1 fully saturated rings. The van der Waals surface area contributed by atoms with Gasteiger partial charge < -0.3 is 20.4 Å². The highest BCUT2D eigenvalue weighted by Gasteiger charge is 2.15. The predicted molar refractivity (Wildman–Crippen MR) is 71.5 cm³/mol. The number of aromatic hydroxyl groups is 1. The summed E-state index contributed by atoms with van der Waals surface area (Å²) < 4.78 is 0. The number of hydrogen-bond donors (Lipinski definition) is 3. The van der Waals surface area contributed by atoms with Crippen molar-refractivity contribution in [1.82, 2.24) is 10.2 Å². The molecule has 2 rings (SSSR count). The maximum absolute atomic E-state index is 9.89. The van der Waals surface area contributed by atoms with Gasteiger partial charge in [0.05, 0.1) is 6.10 Å². The molecule has 1 unspecified atom stereocenters. The second-order valence-corrected chi connectivity index (χ2v) is 4.92. The largest absolute Gasteiger partial charge is 0.508 e. The molecule has 4 heteroatoms. The maximum Gasteiger partial charge on any atom is 0.120 e. The monoisotopic (exact) mass is 250 g/mol. The minimum Gasteiger partial charge on any atom is -0.508 e. The lowest BCUT2D eigenvalue weighted by Gasteiger charge is -2.19. The molecule has 1 aromatic rings. The SMILES string of the molecule is Oc1ccccc1CNCC(O)CN1CCCC1. The smallest absolute Gasteiger partial charge is 0.120 e. The molecule has 4 nitrogen and oxygen atoms in total. The zero-order chi connectivity index (χ0) is 12.8. The lowest BCUT2D eigenvalue weighted by molar-refractivity contribution is 0.123. The standard InChI is InChI=1S/C14H22N2O2/c17-13(11-16-7-3-4-8-16)10-15-9-12-5-1-2-6-14(12)18/h1-2,5-6,13,15,17-18H,3-4,7-11H2. The Morgan fingerprint density at radius 2 is 1.94 bits per heavy atom. The van der Waals surface area contributed by atoms with E-state index < -0.39 is 0 Å². The molecule has 1 heterocycles. The van der Waals surface area contributed by atoms with Crippen LogP contribution in [0.1, 0.15) is 18.4 Å². The summed E-state index contributed by atoms with van der Waals surface area (Å²) in [6, 6.07) is 7.27. The Morgan fingerprint density at radius 3 is 2.67 bits per heavy atom. The first-order chi connectivity index (χ1) is 8.75. The zero-order valence-electron chi connectivity index (χ0n) is 10.7. The molecule has 0 spiro atoms. The number of rotatable bonds is 6. The highest BCUT2D eigenvalue weighted by Crippen LogP contribution is 2.14. The van der Waals surface area contributed by atoms with E-state index in [0.717, 1.165) is 25.2 Å². The molecule has 1 saturated heterocycles. The van der Waals surface area contributed by atoms with Crippen LogP contribution in [-0.2, 0) is 6.54 Å². The molecule has 18 heavy (non-hydrogen) atoms. The van der Waals surface area contributed by atoms with E-state index in [9.17, 15) is 10.2 Å². The predicted octanol–water partition coefficient (Wildman–Crippen LogP) is 0.939. The van der Waals surface area contributed by atoms with Crippen molar-refractivity contribution in [2.45, 2.75) is 25.5 Å². The minimum absolute atomic E-state index is 0.305. The van der Waals surface area contributed by atoms with Crippen molar-refractivity contribution in [3.05, 3.63) is 29.8 Å². The van der Waals surface area contributed by atoms with E-state index in [4.69, 9.17) is 0 Å². The summed E-state index contributed by atoms with van der Waals surface area (Å²) in [5.41, 5.74) is 0.867. The van der Waals surface area contributed by atoms with Gasteiger partial charge in [0, 0.05) is 25.2 Å². The number of phenols is 1. The molecule has 100 valence electrons. The number of hydrogen-bond acceptors (Lipinski definition) is 4. The number of likely N-dealkylation sites (tertiary alicyclic amines) is 1. The summed E-state index contributed by atoms with van der Waals surface area (Å²) in [4.78, 5) is 2.30. The quantitative estimate of drug-likeness (QED) is 0.703. The Labute approximate surface area is 108 Å². The van der Waals surface area contributed by atoms with Crippen molar-refractivity contribution in [1.29, 1.82) is 0 Å². The van der Waals surface area contributed by atoms with Crippen LogP contribution in [0.2, 0.25) is 0 Å². The number of aliphatic hydroxyl groups excluding tert-OH is 1. The van der Waals surface area contributed by atoms with Crippen LogP contribution in [0.5, 0.6) is 5.75 Å². The van der Waals surface area contributed by atoms with E-state index >= 15 is 0 Å². The molecule has 3 N–H and O–H groups in total. The van der Waals surface area contributed by atoms with E-state index in [0.29, 0.717) is 18.8 Å². The molecule has 0 aliphatic carbocycles. The van der Waals surface area contributed by atoms with Crippen LogP contribution in [0.15, 0.2) is 24.3 Å². The fourth-order valence-electron chi connectivity index (χ4n) is 2.36. The van der Waals surface area contributed by atoms with Crippen molar-refractivity contribution in [3.63, 3.8) is 0 Å². The van der Waals surface area contributed by atoms with Gasteiger partial charge in [0.2, 0.25) is 0 Å². The molecular weight excluding hydrogens is 228 g/mol. The number of aliphatic hydroxyl groups is 1. The first-order valence-corrected chi connectivity index (χ1v) is 6.63. The van der Waals surface area contributed by atoms with Gasteiger partial charge in [-0.3, -0.25) is 0 Å². The third kappa shape index (κ3) is 3.98. The van der Waals surface area contributed by atoms with Gasteiger partial charge in [0.15, 0.2) is 0 Å². The Hall–Kier alpha value is -1.10. The molecule has 1 atom stereocenters. The molecule has 1 aromatic carbocycles. The molecule has 1 aliphatic heterocycles. The van der Waals surface area contributed by atoms with Crippen LogP contribution in [0, 0.1) is 0 Å². The highest BCUT2D eigenvalue weighted by atomic mass is 16.3. The van der Waals surface area contributed by atoms with Gasteiger partial charge in [0.1, 0.15) is 5.75 Å². The van der Waals surface area contributed by atoms with Gasteiger partial charge in [0.25, 0.3) is 0 Å². The number of nitrogens with one attached hydrogen (secondary N) is 1. The van der Waals surface area contributed by atoms with Gasteiger partial charge in [-0.25, -0.2) is 0 Å². The fraction of sp³-hybridized carbons (Fsp3) is 0.571. The molecule has 0 aromatic heterocycles. The molecule has 1 aliphatic rings. The topological polar surface area (TPSA) is 55.7 Å². The second-order valence-electron chi connectivity index (χ2n) is 4.92.